The molecule has 0 atom stereocenters. The Hall–Kier alpha value is -1.83. The van der Waals surface area contributed by atoms with Crippen molar-refractivity contribution in [3.05, 3.63) is 48.2 Å². The van der Waals surface area contributed by atoms with Crippen molar-refractivity contribution in [1.29, 1.82) is 0 Å². The number of nitrogens with zero attached hydrogens (tertiary/aromatic N) is 2. The van der Waals surface area contributed by atoms with Crippen LogP contribution < -0.4 is 0 Å². The van der Waals surface area contributed by atoms with Gasteiger partial charge >= 0.3 is 0 Å². The van der Waals surface area contributed by atoms with Gasteiger partial charge in [-0.2, -0.15) is 0 Å². The minimum atomic E-state index is 0.554. The van der Waals surface area contributed by atoms with E-state index in [0.29, 0.717) is 5.92 Å². The molecule has 0 fully saturated rings. The first-order chi connectivity index (χ1) is 7.75. The fourth-order valence-corrected chi connectivity index (χ4v) is 2.04. The van der Waals surface area contributed by atoms with E-state index in [2.05, 4.69) is 47.6 Å². The summed E-state index contributed by atoms with van der Waals surface area (Å²) in [4.78, 5) is 4.58. The van der Waals surface area contributed by atoms with Crippen LogP contribution in [0.1, 0.15) is 25.3 Å². The van der Waals surface area contributed by atoms with Crippen LogP contribution in [0.25, 0.3) is 16.7 Å². The van der Waals surface area contributed by atoms with E-state index in [1.54, 1.807) is 0 Å². The van der Waals surface area contributed by atoms with Gasteiger partial charge < -0.3 is 0 Å². The maximum absolute atomic E-state index is 4.58. The second-order valence-corrected chi connectivity index (χ2v) is 4.44. The lowest BCUT2D eigenvalue weighted by atomic mass is 10.0. The maximum Gasteiger partial charge on any atom is 0.137 e. The fraction of sp³-hybridized carbons (Fsp3) is 0.214. The van der Waals surface area contributed by atoms with E-state index >= 15 is 0 Å². The van der Waals surface area contributed by atoms with Gasteiger partial charge in [-0.1, -0.05) is 26.0 Å². The third-order valence-electron chi connectivity index (χ3n) is 3.00. The lowest BCUT2D eigenvalue weighted by molar-refractivity contribution is 0.868. The Balaban J connectivity index is 2.40. The van der Waals surface area contributed by atoms with Gasteiger partial charge in [0, 0.05) is 6.20 Å². The largest absolute Gasteiger partial charge is 0.300 e. The molecule has 0 aliphatic carbocycles. The molecule has 2 heterocycles. The van der Waals surface area contributed by atoms with Crippen molar-refractivity contribution >= 4 is 16.7 Å². The predicted octanol–water partition coefficient (Wildman–Crippen LogP) is 3.61. The van der Waals surface area contributed by atoms with Gasteiger partial charge in [0.05, 0.1) is 11.0 Å². The number of pyridine rings is 1. The van der Waals surface area contributed by atoms with Crippen LogP contribution in [-0.4, -0.2) is 9.38 Å². The quantitative estimate of drug-likeness (QED) is 0.599. The van der Waals surface area contributed by atoms with Gasteiger partial charge in [0.2, 0.25) is 0 Å². The zero-order chi connectivity index (χ0) is 11.1. The number of imidazole rings is 1. The molecular weight excluding hydrogens is 196 g/mol. The van der Waals surface area contributed by atoms with E-state index in [1.165, 1.54) is 11.1 Å². The van der Waals surface area contributed by atoms with Crippen molar-refractivity contribution in [3.63, 3.8) is 0 Å². The molecule has 2 nitrogen and oxygen atoms in total. The first kappa shape index (κ1) is 9.40. The van der Waals surface area contributed by atoms with Crippen molar-refractivity contribution in [2.45, 2.75) is 19.8 Å². The van der Waals surface area contributed by atoms with E-state index in [0.717, 1.165) is 11.2 Å². The zero-order valence-corrected chi connectivity index (χ0v) is 9.51. The third-order valence-corrected chi connectivity index (χ3v) is 3.00. The first-order valence-corrected chi connectivity index (χ1v) is 5.62. The molecule has 0 radical (unpaired) electrons. The molecule has 3 rings (SSSR count). The molecule has 0 bridgehead atoms. The third kappa shape index (κ3) is 1.30. The van der Waals surface area contributed by atoms with Gasteiger partial charge in [-0.3, -0.25) is 4.40 Å². The summed E-state index contributed by atoms with van der Waals surface area (Å²) in [5, 5.41) is 0. The molecule has 2 aromatic heterocycles. The van der Waals surface area contributed by atoms with Gasteiger partial charge in [0.15, 0.2) is 0 Å². The number of rotatable bonds is 1. The van der Waals surface area contributed by atoms with E-state index in [1.807, 2.05) is 18.2 Å². The van der Waals surface area contributed by atoms with Crippen LogP contribution in [0.3, 0.4) is 0 Å². The lowest BCUT2D eigenvalue weighted by Gasteiger charge is -2.04. The number of benzene rings is 1. The number of aromatic nitrogens is 2. The zero-order valence-electron chi connectivity index (χ0n) is 9.51. The minimum Gasteiger partial charge on any atom is -0.300 e. The Labute approximate surface area is 94.5 Å². The van der Waals surface area contributed by atoms with E-state index in [4.69, 9.17) is 0 Å². The highest BCUT2D eigenvalue weighted by Gasteiger charge is 2.05. The Morgan fingerprint density at radius 2 is 2.00 bits per heavy atom. The van der Waals surface area contributed by atoms with Crippen molar-refractivity contribution in [3.8, 4) is 0 Å². The summed E-state index contributed by atoms with van der Waals surface area (Å²) < 4.78 is 2.14. The number of hydrogen-bond donors (Lipinski definition) is 0. The number of hydrogen-bond acceptors (Lipinski definition) is 1. The maximum atomic E-state index is 4.58. The van der Waals surface area contributed by atoms with Gasteiger partial charge in [0.25, 0.3) is 0 Å². The van der Waals surface area contributed by atoms with E-state index in [9.17, 15) is 0 Å². The van der Waals surface area contributed by atoms with Crippen molar-refractivity contribution < 1.29 is 0 Å². The normalized spacial score (nSPS) is 11.7. The van der Waals surface area contributed by atoms with Gasteiger partial charge in [0.1, 0.15) is 5.65 Å². The Kier molecular flexibility index (Phi) is 1.96. The van der Waals surface area contributed by atoms with E-state index < -0.39 is 0 Å². The molecule has 3 aromatic rings. The monoisotopic (exact) mass is 210 g/mol. The molecule has 0 saturated carbocycles. The fourth-order valence-electron chi connectivity index (χ4n) is 2.04. The summed E-state index contributed by atoms with van der Waals surface area (Å²) >= 11 is 0. The van der Waals surface area contributed by atoms with Gasteiger partial charge in [-0.25, -0.2) is 4.98 Å². The molecule has 0 unspecified atom stereocenters. The number of fused-ring (bicyclic) bond motifs is 3. The lowest BCUT2D eigenvalue weighted by Crippen LogP contribution is -1.88. The topological polar surface area (TPSA) is 17.3 Å². The van der Waals surface area contributed by atoms with Crippen molar-refractivity contribution in [2.75, 3.05) is 0 Å². The van der Waals surface area contributed by atoms with E-state index in [-0.39, 0.29) is 0 Å². The summed E-state index contributed by atoms with van der Waals surface area (Å²) in [6, 6.07) is 12.6. The average Bonchev–Trinajstić information content (AvgIpc) is 2.66. The highest BCUT2D eigenvalue weighted by molar-refractivity contribution is 5.81. The standard InChI is InChI=1S/C14H14N2/c1-10(2)11-6-7-12-13(9-11)16-8-4-3-5-14(16)15-12/h3-10H,1-2H3. The predicted molar refractivity (Wildman–Crippen MR) is 66.8 cm³/mol. The summed E-state index contributed by atoms with van der Waals surface area (Å²) in [5.41, 5.74) is 4.63. The molecule has 2 heteroatoms. The van der Waals surface area contributed by atoms with Crippen molar-refractivity contribution in [2.24, 2.45) is 0 Å². The van der Waals surface area contributed by atoms with Crippen LogP contribution in [0.5, 0.6) is 0 Å². The summed E-state index contributed by atoms with van der Waals surface area (Å²) in [6.07, 6.45) is 2.06. The van der Waals surface area contributed by atoms with Crippen LogP contribution in [-0.2, 0) is 0 Å². The van der Waals surface area contributed by atoms with Crippen LogP contribution in [0, 0.1) is 0 Å². The summed E-state index contributed by atoms with van der Waals surface area (Å²) in [6.45, 7) is 4.43. The van der Waals surface area contributed by atoms with Gasteiger partial charge in [-0.15, -0.1) is 0 Å². The molecule has 0 saturated heterocycles. The molecule has 0 aliphatic rings. The van der Waals surface area contributed by atoms with Crippen molar-refractivity contribution in [1.82, 2.24) is 9.38 Å². The Morgan fingerprint density at radius 1 is 1.12 bits per heavy atom. The molecule has 0 aliphatic heterocycles. The van der Waals surface area contributed by atoms with Crippen LogP contribution in [0.15, 0.2) is 42.6 Å². The highest BCUT2D eigenvalue weighted by atomic mass is 15.0. The Bertz CT molecular complexity index is 650. The smallest absolute Gasteiger partial charge is 0.137 e. The minimum absolute atomic E-state index is 0.554. The average molecular weight is 210 g/mol. The first-order valence-electron chi connectivity index (χ1n) is 5.62. The second kappa shape index (κ2) is 3.34. The summed E-state index contributed by atoms with van der Waals surface area (Å²) in [7, 11) is 0. The van der Waals surface area contributed by atoms with Crippen LogP contribution in [0.4, 0.5) is 0 Å². The summed E-state index contributed by atoms with van der Waals surface area (Å²) in [5.74, 6) is 0.554. The SMILES string of the molecule is CC(C)c1ccc2nc3ccccn3c2c1. The van der Waals surface area contributed by atoms with Crippen LogP contribution >= 0.6 is 0 Å². The molecule has 80 valence electrons. The molecule has 16 heavy (non-hydrogen) atoms. The second-order valence-electron chi connectivity index (χ2n) is 4.44. The van der Waals surface area contributed by atoms with Gasteiger partial charge in [-0.05, 0) is 35.7 Å². The molecule has 0 spiro atoms. The molecular formula is C14H14N2. The highest BCUT2D eigenvalue weighted by Crippen LogP contribution is 2.22. The molecule has 1 aromatic carbocycles. The van der Waals surface area contributed by atoms with Crippen LogP contribution in [0.2, 0.25) is 0 Å². The Morgan fingerprint density at radius 3 is 2.81 bits per heavy atom. The molecule has 0 N–H and O–H groups in total. The molecule has 0 amide bonds.